The molecule has 0 heterocycles. The number of benzene rings is 2. The Morgan fingerprint density at radius 3 is 2.22 bits per heavy atom. The highest BCUT2D eigenvalue weighted by Crippen LogP contribution is 2.29. The maximum absolute atomic E-state index is 3.46. The van der Waals surface area contributed by atoms with E-state index in [4.69, 9.17) is 0 Å². The molecule has 0 spiro atoms. The first-order chi connectivity index (χ1) is 8.65. The minimum absolute atomic E-state index is 0.510. The van der Waals surface area contributed by atoms with Crippen LogP contribution in [0.5, 0.6) is 0 Å². The minimum Gasteiger partial charge on any atom is -0.316 e. The zero-order valence-electron chi connectivity index (χ0n) is 11.8. The predicted octanol–water partition coefficient (Wildman–Crippen LogP) is 4.19. The van der Waals surface area contributed by atoms with Gasteiger partial charge in [-0.3, -0.25) is 0 Å². The highest BCUT2D eigenvalue weighted by molar-refractivity contribution is 5.86. The normalized spacial score (nSPS) is 14.9. The van der Waals surface area contributed by atoms with E-state index in [-0.39, 0.29) is 0 Å². The van der Waals surface area contributed by atoms with Crippen LogP contribution >= 0.6 is 0 Å². The zero-order chi connectivity index (χ0) is 13.1. The molecule has 2 unspecified atom stereocenters. The maximum atomic E-state index is 3.46. The summed E-state index contributed by atoms with van der Waals surface area (Å²) in [6, 6.07) is 15.8. The van der Waals surface area contributed by atoms with Gasteiger partial charge >= 0.3 is 0 Å². The van der Waals surface area contributed by atoms with Gasteiger partial charge in [-0.25, -0.2) is 0 Å². The summed E-state index contributed by atoms with van der Waals surface area (Å²) in [5, 5.41) is 6.18. The van der Waals surface area contributed by atoms with Crippen molar-refractivity contribution in [2.24, 2.45) is 5.92 Å². The molecule has 96 valence electrons. The van der Waals surface area contributed by atoms with E-state index >= 15 is 0 Å². The van der Waals surface area contributed by atoms with Gasteiger partial charge < -0.3 is 5.32 Å². The van der Waals surface area contributed by atoms with Gasteiger partial charge in [0.15, 0.2) is 0 Å². The van der Waals surface area contributed by atoms with Crippen LogP contribution in [0.1, 0.15) is 32.3 Å². The van der Waals surface area contributed by atoms with Crippen molar-refractivity contribution in [2.45, 2.75) is 32.7 Å². The largest absolute Gasteiger partial charge is 0.316 e. The molecule has 0 fully saturated rings. The fourth-order valence-corrected chi connectivity index (χ4v) is 3.00. The van der Waals surface area contributed by atoms with Crippen LogP contribution in [-0.4, -0.2) is 13.1 Å². The summed E-state index contributed by atoms with van der Waals surface area (Å²) >= 11 is 0. The molecular formula is C17H23N. The molecule has 0 saturated heterocycles. The lowest BCUT2D eigenvalue weighted by Crippen LogP contribution is -2.35. The van der Waals surface area contributed by atoms with Crippen LogP contribution in [0, 0.1) is 5.92 Å². The van der Waals surface area contributed by atoms with Crippen molar-refractivity contribution >= 4 is 10.8 Å². The molecule has 1 nitrogen and oxygen atoms in total. The van der Waals surface area contributed by atoms with Crippen molar-refractivity contribution in [3.8, 4) is 0 Å². The van der Waals surface area contributed by atoms with Gasteiger partial charge in [0.05, 0.1) is 0 Å². The summed E-state index contributed by atoms with van der Waals surface area (Å²) in [7, 11) is 2.06. The second-order valence-electron chi connectivity index (χ2n) is 5.42. The first-order valence-electron chi connectivity index (χ1n) is 6.80. The van der Waals surface area contributed by atoms with Gasteiger partial charge in [-0.05, 0) is 35.2 Å². The van der Waals surface area contributed by atoms with Gasteiger partial charge in [-0.15, -0.1) is 0 Å². The molecule has 18 heavy (non-hydrogen) atoms. The summed E-state index contributed by atoms with van der Waals surface area (Å²) in [6.07, 6.45) is 0. The third kappa shape index (κ3) is 2.41. The summed E-state index contributed by atoms with van der Waals surface area (Å²) in [6.45, 7) is 6.88. The Kier molecular flexibility index (Phi) is 4.03. The third-order valence-corrected chi connectivity index (χ3v) is 3.90. The SMILES string of the molecule is CNC(C(C)C)C(C)c1cccc2ccccc12. The van der Waals surface area contributed by atoms with E-state index in [0.29, 0.717) is 17.9 Å². The molecule has 0 aromatic heterocycles. The lowest BCUT2D eigenvalue weighted by atomic mass is 9.84. The molecule has 0 aliphatic carbocycles. The van der Waals surface area contributed by atoms with Crippen LogP contribution in [0.4, 0.5) is 0 Å². The van der Waals surface area contributed by atoms with Crippen LogP contribution in [0.15, 0.2) is 42.5 Å². The topological polar surface area (TPSA) is 12.0 Å². The standard InChI is InChI=1S/C17H23N/c1-12(2)17(18-4)13(3)15-11-7-9-14-8-5-6-10-16(14)15/h5-13,17-18H,1-4H3. The second kappa shape index (κ2) is 5.53. The summed E-state index contributed by atoms with van der Waals surface area (Å²) < 4.78 is 0. The molecule has 0 bridgehead atoms. The molecule has 0 saturated carbocycles. The number of nitrogens with one attached hydrogen (secondary N) is 1. The van der Waals surface area contributed by atoms with Gasteiger partial charge in [0.25, 0.3) is 0 Å². The number of likely N-dealkylation sites (N-methyl/N-ethyl adjacent to an activating group) is 1. The number of hydrogen-bond donors (Lipinski definition) is 1. The average Bonchev–Trinajstić information content (AvgIpc) is 2.38. The van der Waals surface area contributed by atoms with E-state index in [2.05, 4.69) is 75.6 Å². The quantitative estimate of drug-likeness (QED) is 0.846. The van der Waals surface area contributed by atoms with E-state index in [1.54, 1.807) is 0 Å². The third-order valence-electron chi connectivity index (χ3n) is 3.90. The lowest BCUT2D eigenvalue weighted by molar-refractivity contribution is 0.377. The fourth-order valence-electron chi connectivity index (χ4n) is 3.00. The van der Waals surface area contributed by atoms with Crippen molar-refractivity contribution in [2.75, 3.05) is 7.05 Å². The summed E-state index contributed by atoms with van der Waals surface area (Å²) in [4.78, 5) is 0. The number of fused-ring (bicyclic) bond motifs is 1. The Morgan fingerprint density at radius 1 is 0.889 bits per heavy atom. The highest BCUT2D eigenvalue weighted by Gasteiger charge is 2.21. The van der Waals surface area contributed by atoms with Gasteiger partial charge in [-0.1, -0.05) is 63.2 Å². The minimum atomic E-state index is 0.510. The van der Waals surface area contributed by atoms with Gasteiger partial charge in [0.2, 0.25) is 0 Å². The number of rotatable bonds is 4. The molecule has 2 aromatic carbocycles. The van der Waals surface area contributed by atoms with E-state index < -0.39 is 0 Å². The molecule has 2 atom stereocenters. The Bertz CT molecular complexity index is 511. The van der Waals surface area contributed by atoms with Gasteiger partial charge in [0, 0.05) is 6.04 Å². The van der Waals surface area contributed by atoms with E-state index in [0.717, 1.165) is 0 Å². The van der Waals surface area contributed by atoms with Crippen LogP contribution in [-0.2, 0) is 0 Å². The zero-order valence-corrected chi connectivity index (χ0v) is 11.8. The van der Waals surface area contributed by atoms with Gasteiger partial charge in [-0.2, -0.15) is 0 Å². The molecule has 0 aliphatic rings. The molecule has 0 amide bonds. The van der Waals surface area contributed by atoms with Crippen LogP contribution in [0.2, 0.25) is 0 Å². The van der Waals surface area contributed by atoms with Crippen molar-refractivity contribution in [1.82, 2.24) is 5.32 Å². The van der Waals surface area contributed by atoms with Crippen LogP contribution in [0.25, 0.3) is 10.8 Å². The monoisotopic (exact) mass is 241 g/mol. The Morgan fingerprint density at radius 2 is 1.56 bits per heavy atom. The Labute approximate surface area is 110 Å². The molecule has 2 aromatic rings. The van der Waals surface area contributed by atoms with Crippen molar-refractivity contribution in [3.05, 3.63) is 48.0 Å². The fraction of sp³-hybridized carbons (Fsp3) is 0.412. The van der Waals surface area contributed by atoms with Gasteiger partial charge in [0.1, 0.15) is 0 Å². The lowest BCUT2D eigenvalue weighted by Gasteiger charge is -2.28. The molecule has 0 aliphatic heterocycles. The van der Waals surface area contributed by atoms with Crippen molar-refractivity contribution in [1.29, 1.82) is 0 Å². The first kappa shape index (κ1) is 13.1. The smallest absolute Gasteiger partial charge is 0.0153 e. The highest BCUT2D eigenvalue weighted by atomic mass is 14.9. The number of hydrogen-bond acceptors (Lipinski definition) is 1. The summed E-state index contributed by atoms with van der Waals surface area (Å²) in [5.74, 6) is 1.14. The van der Waals surface area contributed by atoms with E-state index in [1.807, 2.05) is 0 Å². The molecule has 0 radical (unpaired) electrons. The Balaban J connectivity index is 2.47. The second-order valence-corrected chi connectivity index (χ2v) is 5.42. The van der Waals surface area contributed by atoms with Crippen molar-refractivity contribution in [3.63, 3.8) is 0 Å². The van der Waals surface area contributed by atoms with E-state index in [1.165, 1.54) is 16.3 Å². The molecular weight excluding hydrogens is 218 g/mol. The molecule has 1 N–H and O–H groups in total. The predicted molar refractivity (Wildman–Crippen MR) is 80.0 cm³/mol. The Hall–Kier alpha value is -1.34. The van der Waals surface area contributed by atoms with Crippen LogP contribution in [0.3, 0.4) is 0 Å². The summed E-state index contributed by atoms with van der Waals surface area (Å²) in [5.41, 5.74) is 1.45. The molecule has 1 heteroatoms. The van der Waals surface area contributed by atoms with E-state index in [9.17, 15) is 0 Å². The maximum Gasteiger partial charge on any atom is 0.0153 e. The average molecular weight is 241 g/mol. The first-order valence-corrected chi connectivity index (χ1v) is 6.80. The molecule has 2 rings (SSSR count). The van der Waals surface area contributed by atoms with Crippen LogP contribution < -0.4 is 5.32 Å². The van der Waals surface area contributed by atoms with Crippen molar-refractivity contribution < 1.29 is 0 Å².